The number of ketones is 1. The number of halogens is 1. The molecule has 2 heterocycles. The van der Waals surface area contributed by atoms with E-state index in [2.05, 4.69) is 41.7 Å². The average Bonchev–Trinajstić information content (AvgIpc) is 2.78. The Morgan fingerprint density at radius 1 is 0.935 bits per heavy atom. The van der Waals surface area contributed by atoms with Gasteiger partial charge in [0.15, 0.2) is 5.78 Å². The van der Waals surface area contributed by atoms with Gasteiger partial charge in [0.1, 0.15) is 0 Å². The van der Waals surface area contributed by atoms with Gasteiger partial charge in [0.25, 0.3) is 0 Å². The lowest BCUT2D eigenvalue weighted by Gasteiger charge is -2.35. The Hall–Kier alpha value is -2.17. The van der Waals surface area contributed by atoms with Crippen molar-refractivity contribution in [2.45, 2.75) is 57.8 Å². The molecule has 0 radical (unpaired) electrons. The highest BCUT2D eigenvalue weighted by Crippen LogP contribution is 2.36. The van der Waals surface area contributed by atoms with Crippen LogP contribution >= 0.6 is 12.4 Å². The maximum absolute atomic E-state index is 12.8. The van der Waals surface area contributed by atoms with Crippen molar-refractivity contribution in [1.82, 2.24) is 5.32 Å². The van der Waals surface area contributed by atoms with Gasteiger partial charge in [-0.2, -0.15) is 0 Å². The zero-order valence-corrected chi connectivity index (χ0v) is 19.0. The van der Waals surface area contributed by atoms with Crippen molar-refractivity contribution < 1.29 is 9.59 Å². The van der Waals surface area contributed by atoms with Crippen LogP contribution in [-0.4, -0.2) is 31.3 Å². The molecule has 166 valence electrons. The summed E-state index contributed by atoms with van der Waals surface area (Å²) in [6, 6.07) is 14.6. The van der Waals surface area contributed by atoms with Gasteiger partial charge in [-0.1, -0.05) is 36.8 Å². The molecule has 5 heteroatoms. The van der Waals surface area contributed by atoms with Gasteiger partial charge in [-0.3, -0.25) is 9.59 Å². The third kappa shape index (κ3) is 5.96. The topological polar surface area (TPSA) is 49.4 Å². The van der Waals surface area contributed by atoms with Crippen LogP contribution in [0.2, 0.25) is 0 Å². The first-order chi connectivity index (χ1) is 14.7. The maximum Gasteiger partial charge on any atom is 0.227 e. The molecule has 0 fully saturated rings. The Morgan fingerprint density at radius 2 is 1.71 bits per heavy atom. The van der Waals surface area contributed by atoms with E-state index in [1.54, 1.807) is 0 Å². The van der Waals surface area contributed by atoms with Gasteiger partial charge in [0.05, 0.1) is 5.69 Å². The largest absolute Gasteiger partial charge is 0.316 e. The van der Waals surface area contributed by atoms with Gasteiger partial charge in [-0.15, -0.1) is 12.4 Å². The van der Waals surface area contributed by atoms with Crippen molar-refractivity contribution in [3.05, 3.63) is 64.7 Å². The second kappa shape index (κ2) is 11.4. The van der Waals surface area contributed by atoms with Crippen molar-refractivity contribution >= 4 is 29.8 Å². The molecule has 1 N–H and O–H groups in total. The Labute approximate surface area is 191 Å². The van der Waals surface area contributed by atoms with Gasteiger partial charge in [0.2, 0.25) is 5.91 Å². The van der Waals surface area contributed by atoms with E-state index in [1.165, 1.54) is 16.7 Å². The second-order valence-electron chi connectivity index (χ2n) is 8.51. The van der Waals surface area contributed by atoms with Crippen LogP contribution in [0.3, 0.4) is 0 Å². The van der Waals surface area contributed by atoms with Crippen LogP contribution in [0.1, 0.15) is 65.6 Å². The molecule has 0 atom stereocenters. The number of anilines is 1. The highest BCUT2D eigenvalue weighted by Gasteiger charge is 2.30. The molecular weight excluding hydrogens is 408 g/mol. The number of nitrogens with zero attached hydrogens (tertiary/aromatic N) is 1. The summed E-state index contributed by atoms with van der Waals surface area (Å²) in [5, 5.41) is 3.50. The van der Waals surface area contributed by atoms with Gasteiger partial charge < -0.3 is 10.2 Å². The fraction of sp³-hybridized carbons (Fsp3) is 0.462. The molecule has 1 amide bonds. The first-order valence-corrected chi connectivity index (χ1v) is 11.5. The van der Waals surface area contributed by atoms with Crippen LogP contribution in [0, 0.1) is 0 Å². The molecule has 0 aromatic heterocycles. The molecule has 4 rings (SSSR count). The van der Waals surface area contributed by atoms with E-state index in [0.29, 0.717) is 12.8 Å². The lowest BCUT2D eigenvalue weighted by atomic mass is 9.88. The molecule has 2 aliphatic heterocycles. The predicted molar refractivity (Wildman–Crippen MR) is 128 cm³/mol. The minimum Gasteiger partial charge on any atom is -0.316 e. The summed E-state index contributed by atoms with van der Waals surface area (Å²) in [6.07, 6.45) is 8.10. The van der Waals surface area contributed by atoms with E-state index < -0.39 is 0 Å². The Morgan fingerprint density at radius 3 is 2.52 bits per heavy atom. The molecule has 0 spiro atoms. The van der Waals surface area contributed by atoms with E-state index in [1.807, 2.05) is 11.0 Å². The average molecular weight is 441 g/mol. The summed E-state index contributed by atoms with van der Waals surface area (Å²) in [4.78, 5) is 26.9. The number of carbonyl (C=O) groups is 2. The van der Waals surface area contributed by atoms with E-state index in [4.69, 9.17) is 0 Å². The normalized spacial score (nSPS) is 14.7. The molecule has 2 aromatic rings. The highest BCUT2D eigenvalue weighted by atomic mass is 35.5. The molecule has 4 nitrogen and oxygen atoms in total. The van der Waals surface area contributed by atoms with E-state index in [9.17, 15) is 9.59 Å². The van der Waals surface area contributed by atoms with Crippen molar-refractivity contribution in [2.24, 2.45) is 0 Å². The van der Waals surface area contributed by atoms with Crippen molar-refractivity contribution in [3.8, 4) is 0 Å². The van der Waals surface area contributed by atoms with Gasteiger partial charge >= 0.3 is 0 Å². The SMILES string of the molecule is Cl.O=C(CCCCCNCCc1ccccc1)c1cc2c3c(c1)CCC(=O)N3CCC2. The number of Topliss-reactive ketones (excluding diaryl/α,β-unsaturated/α-hetero) is 1. The highest BCUT2D eigenvalue weighted by molar-refractivity contribution is 6.01. The summed E-state index contributed by atoms with van der Waals surface area (Å²) >= 11 is 0. The summed E-state index contributed by atoms with van der Waals surface area (Å²) < 4.78 is 0. The fourth-order valence-corrected chi connectivity index (χ4v) is 4.67. The maximum atomic E-state index is 12.8. The van der Waals surface area contributed by atoms with Crippen LogP contribution in [0.25, 0.3) is 0 Å². The Balaban J connectivity index is 0.00000272. The standard InChI is InChI=1S/C26H32N2O2.ClH/c29-24(11-5-2-6-15-27-16-14-20-8-3-1-4-9-20)23-18-21-10-7-17-28-25(30)13-12-22(19-23)26(21)28;/h1,3-4,8-9,18-19,27H,2,5-7,10-17H2;1H. The third-order valence-corrected chi connectivity index (χ3v) is 6.29. The van der Waals surface area contributed by atoms with Crippen LogP contribution in [0.5, 0.6) is 0 Å². The molecule has 2 aliphatic rings. The minimum absolute atomic E-state index is 0. The Bertz CT molecular complexity index is 881. The second-order valence-corrected chi connectivity index (χ2v) is 8.51. The summed E-state index contributed by atoms with van der Waals surface area (Å²) in [7, 11) is 0. The molecule has 0 bridgehead atoms. The number of benzene rings is 2. The van der Waals surface area contributed by atoms with Gasteiger partial charge in [0, 0.05) is 24.9 Å². The lowest BCUT2D eigenvalue weighted by Crippen LogP contribution is -2.39. The monoisotopic (exact) mass is 440 g/mol. The van der Waals surface area contributed by atoms with Crippen LogP contribution in [0.4, 0.5) is 5.69 Å². The van der Waals surface area contributed by atoms with E-state index in [-0.39, 0.29) is 24.1 Å². The number of rotatable bonds is 10. The molecule has 0 aliphatic carbocycles. The smallest absolute Gasteiger partial charge is 0.227 e. The van der Waals surface area contributed by atoms with Crippen LogP contribution in [-0.2, 0) is 24.1 Å². The summed E-state index contributed by atoms with van der Waals surface area (Å²) in [5.74, 6) is 0.486. The Kier molecular flexibility index (Phi) is 8.68. The number of carbonyl (C=O) groups excluding carboxylic acids is 2. The van der Waals surface area contributed by atoms with Gasteiger partial charge in [-0.05, 0) is 80.4 Å². The quantitative estimate of drug-likeness (QED) is 0.422. The summed E-state index contributed by atoms with van der Waals surface area (Å²) in [5.41, 5.74) is 5.71. The molecule has 0 saturated carbocycles. The van der Waals surface area contributed by atoms with Crippen LogP contribution < -0.4 is 10.2 Å². The first kappa shape index (κ1) is 23.5. The third-order valence-electron chi connectivity index (χ3n) is 6.29. The lowest BCUT2D eigenvalue weighted by molar-refractivity contribution is -0.119. The fourth-order valence-electron chi connectivity index (χ4n) is 4.67. The number of hydrogen-bond acceptors (Lipinski definition) is 3. The van der Waals surface area contributed by atoms with Crippen molar-refractivity contribution in [2.75, 3.05) is 24.5 Å². The van der Waals surface area contributed by atoms with E-state index in [0.717, 1.165) is 75.8 Å². The minimum atomic E-state index is 0. The summed E-state index contributed by atoms with van der Waals surface area (Å²) in [6.45, 7) is 2.83. The van der Waals surface area contributed by atoms with E-state index >= 15 is 0 Å². The molecule has 2 aromatic carbocycles. The number of amides is 1. The molecular formula is C26H33ClN2O2. The zero-order chi connectivity index (χ0) is 20.8. The number of aryl methyl sites for hydroxylation is 2. The number of hydrogen-bond donors (Lipinski definition) is 1. The van der Waals surface area contributed by atoms with Crippen molar-refractivity contribution in [3.63, 3.8) is 0 Å². The molecule has 31 heavy (non-hydrogen) atoms. The predicted octanol–water partition coefficient (Wildman–Crippen LogP) is 4.91. The van der Waals surface area contributed by atoms with Gasteiger partial charge in [-0.25, -0.2) is 0 Å². The zero-order valence-electron chi connectivity index (χ0n) is 18.2. The van der Waals surface area contributed by atoms with Crippen molar-refractivity contribution in [1.29, 1.82) is 0 Å². The van der Waals surface area contributed by atoms with Crippen LogP contribution in [0.15, 0.2) is 42.5 Å². The number of unbranched alkanes of at least 4 members (excludes halogenated alkanes) is 2. The molecule has 0 saturated heterocycles. The number of nitrogens with one attached hydrogen (secondary N) is 1. The molecule has 0 unspecified atom stereocenters. The first-order valence-electron chi connectivity index (χ1n) is 11.5.